The summed E-state index contributed by atoms with van der Waals surface area (Å²) in [5, 5.41) is 10.5. The quantitative estimate of drug-likeness (QED) is 0.485. The molecule has 15 heavy (non-hydrogen) atoms. The number of oxazole rings is 1. The average molecular weight is 316 g/mol. The third kappa shape index (κ3) is 2.14. The van der Waals surface area contributed by atoms with Crippen molar-refractivity contribution in [3.05, 3.63) is 44.5 Å². The number of halogens is 1. The van der Waals surface area contributed by atoms with E-state index in [-0.39, 0.29) is 5.69 Å². The van der Waals surface area contributed by atoms with Crippen molar-refractivity contribution in [2.24, 2.45) is 0 Å². The fourth-order valence-corrected chi connectivity index (χ4v) is 1.55. The van der Waals surface area contributed by atoms with E-state index in [2.05, 4.69) is 4.98 Å². The number of nitro groups is 1. The van der Waals surface area contributed by atoms with E-state index < -0.39 is 4.92 Å². The molecule has 0 N–H and O–H groups in total. The van der Waals surface area contributed by atoms with Gasteiger partial charge < -0.3 is 4.42 Å². The van der Waals surface area contributed by atoms with Gasteiger partial charge in [0, 0.05) is 40.3 Å². The second-order valence-electron chi connectivity index (χ2n) is 2.79. The maximum absolute atomic E-state index is 10.5. The lowest BCUT2D eigenvalue weighted by molar-refractivity contribution is -0.384. The fraction of sp³-hybridized carbons (Fsp3) is 0. The molecule has 0 saturated carbocycles. The number of hydrogen-bond acceptors (Lipinski definition) is 4. The minimum absolute atomic E-state index is 0.0468. The molecule has 1 aromatic heterocycles. The molecular formula is C9H5IN2O3. The Balaban J connectivity index is 2.45. The number of nitro benzene ring substituents is 1. The molecule has 0 fully saturated rings. The smallest absolute Gasteiger partial charge is 0.270 e. The summed E-state index contributed by atoms with van der Waals surface area (Å²) in [5.74, 6) is 0. The number of non-ortho nitro benzene ring substituents is 1. The average Bonchev–Trinajstić information content (AvgIpc) is 2.65. The predicted molar refractivity (Wildman–Crippen MR) is 61.3 cm³/mol. The Morgan fingerprint density at radius 2 is 2.27 bits per heavy atom. The standard InChI is InChI=1S/C9H5IN2O3/c10-9-11-8(5-15-9)6-2-1-3-7(4-6)12(13)14/h1-5H. The molecule has 0 aliphatic rings. The van der Waals surface area contributed by atoms with E-state index in [0.717, 1.165) is 0 Å². The van der Waals surface area contributed by atoms with Crippen LogP contribution in [0.15, 0.2) is 34.9 Å². The van der Waals surface area contributed by atoms with Crippen molar-refractivity contribution in [2.75, 3.05) is 0 Å². The molecule has 2 aromatic rings. The molecular weight excluding hydrogens is 311 g/mol. The molecule has 0 atom stereocenters. The second kappa shape index (κ2) is 3.97. The zero-order chi connectivity index (χ0) is 10.8. The Labute approximate surface area is 98.4 Å². The van der Waals surface area contributed by atoms with E-state index in [1.54, 1.807) is 12.1 Å². The van der Waals surface area contributed by atoms with Crippen LogP contribution in [0.2, 0.25) is 0 Å². The summed E-state index contributed by atoms with van der Waals surface area (Å²) in [6.07, 6.45) is 1.47. The summed E-state index contributed by atoms with van der Waals surface area (Å²) in [4.78, 5) is 14.2. The topological polar surface area (TPSA) is 69.2 Å². The number of rotatable bonds is 2. The minimum Gasteiger partial charge on any atom is -0.440 e. The highest BCUT2D eigenvalue weighted by atomic mass is 127. The molecule has 0 spiro atoms. The van der Waals surface area contributed by atoms with E-state index in [0.29, 0.717) is 15.2 Å². The maximum Gasteiger partial charge on any atom is 0.270 e. The molecule has 2 rings (SSSR count). The van der Waals surface area contributed by atoms with Gasteiger partial charge in [-0.25, -0.2) is 4.98 Å². The van der Waals surface area contributed by atoms with Gasteiger partial charge in [-0.15, -0.1) is 0 Å². The maximum atomic E-state index is 10.5. The zero-order valence-corrected chi connectivity index (χ0v) is 9.54. The van der Waals surface area contributed by atoms with Crippen LogP contribution in [0.1, 0.15) is 0 Å². The first kappa shape index (κ1) is 10.1. The van der Waals surface area contributed by atoms with Crippen molar-refractivity contribution in [1.29, 1.82) is 0 Å². The molecule has 0 bridgehead atoms. The number of hydrogen-bond donors (Lipinski definition) is 0. The first-order valence-electron chi connectivity index (χ1n) is 4.02. The molecule has 1 heterocycles. The summed E-state index contributed by atoms with van der Waals surface area (Å²) in [7, 11) is 0. The van der Waals surface area contributed by atoms with Crippen molar-refractivity contribution >= 4 is 28.3 Å². The van der Waals surface area contributed by atoms with Crippen LogP contribution in [0.25, 0.3) is 11.3 Å². The van der Waals surface area contributed by atoms with E-state index >= 15 is 0 Å². The van der Waals surface area contributed by atoms with E-state index in [1.807, 2.05) is 22.6 Å². The Bertz CT molecular complexity index is 510. The molecule has 0 saturated heterocycles. The van der Waals surface area contributed by atoms with Crippen LogP contribution in [-0.4, -0.2) is 9.91 Å². The van der Waals surface area contributed by atoms with Gasteiger partial charge in [-0.1, -0.05) is 12.1 Å². The number of nitrogens with zero attached hydrogens (tertiary/aromatic N) is 2. The third-order valence-electron chi connectivity index (χ3n) is 1.83. The number of aromatic nitrogens is 1. The van der Waals surface area contributed by atoms with Crippen LogP contribution in [0.4, 0.5) is 5.69 Å². The van der Waals surface area contributed by atoms with Crippen molar-refractivity contribution in [3.8, 4) is 11.3 Å². The van der Waals surface area contributed by atoms with Gasteiger partial charge in [0.2, 0.25) is 0 Å². The Morgan fingerprint density at radius 1 is 1.47 bits per heavy atom. The predicted octanol–water partition coefficient (Wildman–Crippen LogP) is 2.85. The molecule has 1 aromatic carbocycles. The van der Waals surface area contributed by atoms with E-state index in [4.69, 9.17) is 4.42 Å². The molecule has 0 aliphatic carbocycles. The Hall–Kier alpha value is -1.44. The monoisotopic (exact) mass is 316 g/mol. The van der Waals surface area contributed by atoms with Crippen LogP contribution < -0.4 is 0 Å². The lowest BCUT2D eigenvalue weighted by Crippen LogP contribution is -1.88. The van der Waals surface area contributed by atoms with Gasteiger partial charge in [0.05, 0.1) is 4.92 Å². The second-order valence-corrected chi connectivity index (χ2v) is 3.72. The summed E-state index contributed by atoms with van der Waals surface area (Å²) in [6.45, 7) is 0. The molecule has 0 aliphatic heterocycles. The van der Waals surface area contributed by atoms with Crippen molar-refractivity contribution in [3.63, 3.8) is 0 Å². The van der Waals surface area contributed by atoms with Gasteiger partial charge in [0.25, 0.3) is 9.58 Å². The van der Waals surface area contributed by atoms with E-state index in [1.165, 1.54) is 18.4 Å². The van der Waals surface area contributed by atoms with Gasteiger partial charge in [0.15, 0.2) is 0 Å². The van der Waals surface area contributed by atoms with Crippen LogP contribution in [0, 0.1) is 14.0 Å². The highest BCUT2D eigenvalue weighted by Gasteiger charge is 2.09. The highest BCUT2D eigenvalue weighted by molar-refractivity contribution is 14.1. The Morgan fingerprint density at radius 3 is 2.87 bits per heavy atom. The summed E-state index contributed by atoms with van der Waals surface area (Å²) < 4.78 is 5.53. The first-order valence-corrected chi connectivity index (χ1v) is 5.10. The molecule has 0 amide bonds. The Kier molecular flexibility index (Phi) is 2.67. The lowest BCUT2D eigenvalue weighted by Gasteiger charge is -1.94. The summed E-state index contributed by atoms with van der Waals surface area (Å²) >= 11 is 1.94. The zero-order valence-electron chi connectivity index (χ0n) is 7.38. The summed E-state index contributed by atoms with van der Waals surface area (Å²) in [6, 6.07) is 6.28. The van der Waals surface area contributed by atoms with Crippen molar-refractivity contribution in [2.45, 2.75) is 0 Å². The van der Waals surface area contributed by atoms with Gasteiger partial charge in [0.1, 0.15) is 12.0 Å². The highest BCUT2D eigenvalue weighted by Crippen LogP contribution is 2.23. The van der Waals surface area contributed by atoms with E-state index in [9.17, 15) is 10.1 Å². The molecule has 0 unspecified atom stereocenters. The fourth-order valence-electron chi connectivity index (χ4n) is 1.16. The lowest BCUT2D eigenvalue weighted by atomic mass is 10.1. The van der Waals surface area contributed by atoms with Crippen LogP contribution in [0.5, 0.6) is 0 Å². The van der Waals surface area contributed by atoms with Crippen LogP contribution >= 0.6 is 22.6 Å². The molecule has 0 radical (unpaired) electrons. The molecule has 6 heteroatoms. The summed E-state index contributed by atoms with van der Waals surface area (Å²) in [5.41, 5.74) is 1.32. The van der Waals surface area contributed by atoms with Gasteiger partial charge in [-0.3, -0.25) is 10.1 Å². The number of benzene rings is 1. The SMILES string of the molecule is O=[N+]([O-])c1cccc(-c2coc(I)n2)c1. The minimum atomic E-state index is -0.436. The van der Waals surface area contributed by atoms with Crippen molar-refractivity contribution in [1.82, 2.24) is 4.98 Å². The molecule has 76 valence electrons. The third-order valence-corrected chi connectivity index (χ3v) is 2.32. The van der Waals surface area contributed by atoms with Crippen LogP contribution in [-0.2, 0) is 0 Å². The van der Waals surface area contributed by atoms with Crippen LogP contribution in [0.3, 0.4) is 0 Å². The van der Waals surface area contributed by atoms with Gasteiger partial charge >= 0.3 is 0 Å². The first-order chi connectivity index (χ1) is 7.16. The molecule has 5 nitrogen and oxygen atoms in total. The largest absolute Gasteiger partial charge is 0.440 e. The van der Waals surface area contributed by atoms with Crippen molar-refractivity contribution < 1.29 is 9.34 Å². The van der Waals surface area contributed by atoms with Gasteiger partial charge in [-0.05, 0) is 0 Å². The normalized spacial score (nSPS) is 10.2. The van der Waals surface area contributed by atoms with Gasteiger partial charge in [-0.2, -0.15) is 0 Å².